The molecule has 1 heterocycles. The summed E-state index contributed by atoms with van der Waals surface area (Å²) < 4.78 is 0. The molecule has 0 fully saturated rings. The minimum atomic E-state index is -0.324. The van der Waals surface area contributed by atoms with Gasteiger partial charge in [0.15, 0.2) is 5.78 Å². The molecule has 1 aliphatic rings. The first-order chi connectivity index (χ1) is 11.6. The molecule has 0 aliphatic carbocycles. The maximum atomic E-state index is 12.2. The summed E-state index contributed by atoms with van der Waals surface area (Å²) in [5, 5.41) is 2.98. The number of ketones is 1. The quantitative estimate of drug-likeness (QED) is 0.675. The number of allylic oxidation sites excluding steroid dienone is 2. The minimum Gasteiger partial charge on any atom is -0.306 e. The van der Waals surface area contributed by atoms with Gasteiger partial charge in [-0.2, -0.15) is 0 Å². The molecule has 0 saturated carbocycles. The summed E-state index contributed by atoms with van der Waals surface area (Å²) in [4.78, 5) is 25.9. The van der Waals surface area contributed by atoms with Crippen molar-refractivity contribution < 1.29 is 9.59 Å². The highest BCUT2D eigenvalue weighted by Crippen LogP contribution is 2.21. The first-order valence-corrected chi connectivity index (χ1v) is 7.81. The van der Waals surface area contributed by atoms with Gasteiger partial charge in [-0.3, -0.25) is 9.69 Å². The van der Waals surface area contributed by atoms with E-state index in [9.17, 15) is 9.59 Å². The number of benzene rings is 2. The van der Waals surface area contributed by atoms with E-state index in [1.165, 1.54) is 17.2 Å². The SMILES string of the molecule is O=C(/C=C1\NC(=O)N(Cc2ccccc2)C=C1Cl)c1ccccc1. The van der Waals surface area contributed by atoms with Crippen molar-refractivity contribution >= 4 is 23.4 Å². The molecule has 120 valence electrons. The fraction of sp³-hybridized carbons (Fsp3) is 0.0526. The molecule has 5 heteroatoms. The molecular formula is C19H15ClN2O2. The third-order valence-corrected chi connectivity index (χ3v) is 3.86. The molecule has 2 aromatic rings. The highest BCUT2D eigenvalue weighted by Gasteiger charge is 2.22. The third kappa shape index (κ3) is 3.73. The average Bonchev–Trinajstić information content (AvgIpc) is 2.61. The molecule has 24 heavy (non-hydrogen) atoms. The monoisotopic (exact) mass is 338 g/mol. The summed E-state index contributed by atoms with van der Waals surface area (Å²) in [7, 11) is 0. The van der Waals surface area contributed by atoms with Crippen molar-refractivity contribution in [1.29, 1.82) is 0 Å². The Bertz CT molecular complexity index is 814. The number of carbonyl (C=O) groups is 2. The Morgan fingerprint density at radius 3 is 2.33 bits per heavy atom. The van der Waals surface area contributed by atoms with Gasteiger partial charge < -0.3 is 5.32 Å². The van der Waals surface area contributed by atoms with Crippen LogP contribution in [-0.4, -0.2) is 16.7 Å². The molecule has 0 aromatic heterocycles. The van der Waals surface area contributed by atoms with Crippen LogP contribution in [0.2, 0.25) is 0 Å². The normalized spacial score (nSPS) is 15.9. The molecule has 0 unspecified atom stereocenters. The van der Waals surface area contributed by atoms with Gasteiger partial charge in [-0.25, -0.2) is 4.79 Å². The van der Waals surface area contributed by atoms with E-state index in [1.54, 1.807) is 24.3 Å². The molecule has 4 nitrogen and oxygen atoms in total. The Labute approximate surface area is 145 Å². The van der Waals surface area contributed by atoms with Crippen molar-refractivity contribution in [3.05, 3.63) is 94.8 Å². The van der Waals surface area contributed by atoms with Crippen molar-refractivity contribution in [3.63, 3.8) is 0 Å². The van der Waals surface area contributed by atoms with Crippen LogP contribution in [-0.2, 0) is 6.54 Å². The number of urea groups is 1. The summed E-state index contributed by atoms with van der Waals surface area (Å²) in [6, 6.07) is 18.1. The van der Waals surface area contributed by atoms with Gasteiger partial charge in [-0.15, -0.1) is 0 Å². The number of nitrogens with one attached hydrogen (secondary N) is 1. The Kier molecular flexibility index (Phi) is 4.77. The van der Waals surface area contributed by atoms with Gasteiger partial charge in [0.25, 0.3) is 0 Å². The molecule has 0 radical (unpaired) electrons. The van der Waals surface area contributed by atoms with Crippen LogP contribution in [0, 0.1) is 0 Å². The van der Waals surface area contributed by atoms with Crippen LogP contribution in [0.4, 0.5) is 4.79 Å². The summed E-state index contributed by atoms with van der Waals surface area (Å²) in [6.45, 7) is 0.406. The second-order valence-corrected chi connectivity index (χ2v) is 5.72. The molecule has 2 amide bonds. The van der Waals surface area contributed by atoms with Crippen molar-refractivity contribution in [1.82, 2.24) is 10.2 Å². The van der Waals surface area contributed by atoms with E-state index in [1.807, 2.05) is 36.4 Å². The molecule has 1 N–H and O–H groups in total. The van der Waals surface area contributed by atoms with E-state index in [-0.39, 0.29) is 11.8 Å². The second kappa shape index (κ2) is 7.15. The molecule has 0 bridgehead atoms. The van der Waals surface area contributed by atoms with Gasteiger partial charge in [-0.05, 0) is 5.56 Å². The lowest BCUT2D eigenvalue weighted by Gasteiger charge is -2.25. The number of nitrogens with zero attached hydrogens (tertiary/aromatic N) is 1. The zero-order valence-corrected chi connectivity index (χ0v) is 13.5. The Morgan fingerprint density at radius 1 is 1.04 bits per heavy atom. The van der Waals surface area contributed by atoms with Gasteiger partial charge >= 0.3 is 6.03 Å². The Hall–Kier alpha value is -2.85. The topological polar surface area (TPSA) is 49.4 Å². The largest absolute Gasteiger partial charge is 0.326 e. The molecule has 0 spiro atoms. The molecule has 0 atom stereocenters. The van der Waals surface area contributed by atoms with E-state index in [0.717, 1.165) is 5.56 Å². The van der Waals surface area contributed by atoms with Gasteiger partial charge in [-0.1, -0.05) is 72.3 Å². The van der Waals surface area contributed by atoms with E-state index < -0.39 is 0 Å². The lowest BCUT2D eigenvalue weighted by molar-refractivity contribution is 0.104. The maximum absolute atomic E-state index is 12.2. The Morgan fingerprint density at radius 2 is 1.67 bits per heavy atom. The fourth-order valence-corrected chi connectivity index (χ4v) is 2.55. The van der Waals surface area contributed by atoms with Gasteiger partial charge in [0.1, 0.15) is 0 Å². The van der Waals surface area contributed by atoms with Gasteiger partial charge in [0.05, 0.1) is 17.3 Å². The summed E-state index contributed by atoms with van der Waals surface area (Å²) in [5.74, 6) is -0.214. The predicted octanol–water partition coefficient (Wildman–Crippen LogP) is 4.06. The summed E-state index contributed by atoms with van der Waals surface area (Å²) in [5.41, 5.74) is 1.83. The molecule has 1 aliphatic heterocycles. The zero-order valence-electron chi connectivity index (χ0n) is 12.8. The number of hydrogen-bond donors (Lipinski definition) is 1. The van der Waals surface area contributed by atoms with Gasteiger partial charge in [0, 0.05) is 17.8 Å². The van der Waals surface area contributed by atoms with Crippen molar-refractivity contribution in [2.75, 3.05) is 0 Å². The van der Waals surface area contributed by atoms with Crippen molar-refractivity contribution in [3.8, 4) is 0 Å². The van der Waals surface area contributed by atoms with Crippen LogP contribution in [0.3, 0.4) is 0 Å². The van der Waals surface area contributed by atoms with Crippen LogP contribution >= 0.6 is 11.6 Å². The molecule has 3 rings (SSSR count). The lowest BCUT2D eigenvalue weighted by Crippen LogP contribution is -2.39. The van der Waals surface area contributed by atoms with Crippen LogP contribution in [0.15, 0.2) is 83.7 Å². The standard InChI is InChI=1S/C19H15ClN2O2/c20-16-13-22(12-14-7-3-1-4-8-14)19(24)21-17(16)11-18(23)15-9-5-2-6-10-15/h1-11,13H,12H2,(H,21,24)/b17-11-. The number of carbonyl (C=O) groups excluding carboxylic acids is 2. The average molecular weight is 339 g/mol. The number of hydrogen-bond acceptors (Lipinski definition) is 2. The molecule has 2 aromatic carbocycles. The Balaban J connectivity index is 1.79. The van der Waals surface area contributed by atoms with Crippen LogP contribution in [0.5, 0.6) is 0 Å². The summed E-state index contributed by atoms with van der Waals surface area (Å²) >= 11 is 6.22. The van der Waals surface area contributed by atoms with E-state index in [4.69, 9.17) is 11.6 Å². The highest BCUT2D eigenvalue weighted by molar-refractivity contribution is 6.33. The van der Waals surface area contributed by atoms with Gasteiger partial charge in [0.2, 0.25) is 0 Å². The highest BCUT2D eigenvalue weighted by atomic mass is 35.5. The van der Waals surface area contributed by atoms with E-state index >= 15 is 0 Å². The van der Waals surface area contributed by atoms with Crippen LogP contribution in [0.1, 0.15) is 15.9 Å². The van der Waals surface area contributed by atoms with Crippen LogP contribution < -0.4 is 5.32 Å². The zero-order chi connectivity index (χ0) is 16.9. The van der Waals surface area contributed by atoms with Crippen LogP contribution in [0.25, 0.3) is 0 Å². The summed E-state index contributed by atoms with van der Waals surface area (Å²) in [6.07, 6.45) is 2.88. The first kappa shape index (κ1) is 16.0. The lowest BCUT2D eigenvalue weighted by atomic mass is 10.1. The molecular weight excluding hydrogens is 324 g/mol. The first-order valence-electron chi connectivity index (χ1n) is 7.44. The molecule has 0 saturated heterocycles. The van der Waals surface area contributed by atoms with Crippen molar-refractivity contribution in [2.45, 2.75) is 6.54 Å². The number of rotatable bonds is 4. The number of amides is 2. The predicted molar refractivity (Wildman–Crippen MR) is 93.3 cm³/mol. The smallest absolute Gasteiger partial charge is 0.306 e. The fourth-order valence-electron chi connectivity index (χ4n) is 2.33. The van der Waals surface area contributed by atoms with E-state index in [2.05, 4.69) is 5.32 Å². The van der Waals surface area contributed by atoms with Crippen molar-refractivity contribution in [2.24, 2.45) is 0 Å². The minimum absolute atomic E-state index is 0.214. The number of halogens is 1. The second-order valence-electron chi connectivity index (χ2n) is 5.31. The maximum Gasteiger partial charge on any atom is 0.326 e. The third-order valence-electron chi connectivity index (χ3n) is 3.56. The van der Waals surface area contributed by atoms with E-state index in [0.29, 0.717) is 22.8 Å².